The Morgan fingerprint density at radius 1 is 1.17 bits per heavy atom. The largest absolute Gasteiger partial charge is 0.375 e. The first kappa shape index (κ1) is 15.3. The van der Waals surface area contributed by atoms with Crippen LogP contribution in [0.3, 0.4) is 0 Å². The molecule has 6 heteroatoms. The summed E-state index contributed by atoms with van der Waals surface area (Å²) in [7, 11) is 0. The van der Waals surface area contributed by atoms with Crippen LogP contribution in [0.1, 0.15) is 42.6 Å². The van der Waals surface area contributed by atoms with Gasteiger partial charge in [0.1, 0.15) is 11.4 Å². The van der Waals surface area contributed by atoms with Crippen LogP contribution >= 0.6 is 0 Å². The number of nitrogens with one attached hydrogen (secondary N) is 1. The minimum Gasteiger partial charge on any atom is -0.375 e. The van der Waals surface area contributed by atoms with E-state index < -0.39 is 0 Å². The minimum atomic E-state index is 0.0136. The Hall–Kier alpha value is -2.21. The first-order valence-electron chi connectivity index (χ1n) is 8.66. The van der Waals surface area contributed by atoms with E-state index in [4.69, 9.17) is 4.74 Å². The van der Waals surface area contributed by atoms with E-state index in [1.54, 1.807) is 12.3 Å². The summed E-state index contributed by atoms with van der Waals surface area (Å²) in [6.45, 7) is 2.39. The molecule has 1 amide bonds. The maximum Gasteiger partial charge on any atom is 0.271 e. The number of H-pyrrole nitrogens is 1. The molecule has 2 aromatic heterocycles. The smallest absolute Gasteiger partial charge is 0.271 e. The molecule has 1 atom stereocenters. The van der Waals surface area contributed by atoms with Gasteiger partial charge in [-0.3, -0.25) is 14.9 Å². The van der Waals surface area contributed by atoms with E-state index >= 15 is 0 Å². The highest BCUT2D eigenvalue weighted by Gasteiger charge is 2.37. The van der Waals surface area contributed by atoms with Gasteiger partial charge in [0.2, 0.25) is 0 Å². The van der Waals surface area contributed by atoms with Crippen LogP contribution < -0.4 is 0 Å². The van der Waals surface area contributed by atoms with Gasteiger partial charge in [0.15, 0.2) is 0 Å². The van der Waals surface area contributed by atoms with Crippen LogP contribution in [0.25, 0.3) is 11.4 Å². The molecule has 4 heterocycles. The van der Waals surface area contributed by atoms with Gasteiger partial charge in [-0.15, -0.1) is 0 Å². The third-order valence-electron chi connectivity index (χ3n) is 5.11. The predicted octanol–water partition coefficient (Wildman–Crippen LogP) is 2.65. The zero-order valence-corrected chi connectivity index (χ0v) is 13.7. The summed E-state index contributed by atoms with van der Waals surface area (Å²) in [6, 6.07) is 7.45. The second kappa shape index (κ2) is 6.36. The second-order valence-electron chi connectivity index (χ2n) is 6.66. The fraction of sp³-hybridized carbons (Fsp3) is 0.500. The van der Waals surface area contributed by atoms with E-state index in [9.17, 15) is 4.79 Å². The van der Waals surface area contributed by atoms with Crippen molar-refractivity contribution in [3.8, 4) is 11.4 Å². The van der Waals surface area contributed by atoms with Gasteiger partial charge in [0, 0.05) is 25.9 Å². The number of aromatic amines is 1. The monoisotopic (exact) mass is 326 g/mol. The summed E-state index contributed by atoms with van der Waals surface area (Å²) in [5.41, 5.74) is 2.01. The Balaban J connectivity index is 1.47. The van der Waals surface area contributed by atoms with Gasteiger partial charge in [-0.1, -0.05) is 6.07 Å². The average Bonchev–Trinajstić information content (AvgIpc) is 3.23. The standard InChI is InChI=1S/C18H22N4O2/c23-17(16-13-15(20-21-16)14-5-1-2-9-19-14)22-10-3-6-18(8-11-22)7-4-12-24-18/h1-2,5,9,13H,3-4,6-8,10-12H2,(H,20,21)/t18-/m0/s1. The van der Waals surface area contributed by atoms with Crippen molar-refractivity contribution >= 4 is 5.91 Å². The molecule has 1 spiro atoms. The zero-order chi connectivity index (χ0) is 16.4. The first-order chi connectivity index (χ1) is 11.8. The molecule has 4 rings (SSSR count). The van der Waals surface area contributed by atoms with Crippen molar-refractivity contribution in [2.24, 2.45) is 0 Å². The van der Waals surface area contributed by atoms with Crippen LogP contribution in [0.4, 0.5) is 0 Å². The lowest BCUT2D eigenvalue weighted by atomic mass is 9.92. The molecule has 1 N–H and O–H groups in total. The second-order valence-corrected chi connectivity index (χ2v) is 6.66. The number of nitrogens with zero attached hydrogens (tertiary/aromatic N) is 3. The Kier molecular flexibility index (Phi) is 4.06. The maximum absolute atomic E-state index is 12.8. The van der Waals surface area contributed by atoms with Crippen LogP contribution in [0.5, 0.6) is 0 Å². The molecule has 0 saturated carbocycles. The predicted molar refractivity (Wildman–Crippen MR) is 89.5 cm³/mol. The molecule has 126 valence electrons. The molecule has 2 aromatic rings. The first-order valence-corrected chi connectivity index (χ1v) is 8.66. The molecule has 0 aliphatic carbocycles. The van der Waals surface area contributed by atoms with Crippen LogP contribution in [0, 0.1) is 0 Å². The molecule has 2 fully saturated rings. The summed E-state index contributed by atoms with van der Waals surface area (Å²) < 4.78 is 5.99. The molecule has 2 aliphatic heterocycles. The van der Waals surface area contributed by atoms with Crippen LogP contribution in [0.15, 0.2) is 30.5 Å². The van der Waals surface area contributed by atoms with Crippen molar-refractivity contribution in [2.45, 2.75) is 37.7 Å². The molecule has 2 saturated heterocycles. The molecule has 0 radical (unpaired) electrons. The lowest BCUT2D eigenvalue weighted by Gasteiger charge is -2.26. The summed E-state index contributed by atoms with van der Waals surface area (Å²) in [5.74, 6) is 0.0136. The van der Waals surface area contributed by atoms with E-state index in [0.29, 0.717) is 11.4 Å². The van der Waals surface area contributed by atoms with Crippen LogP contribution in [0.2, 0.25) is 0 Å². The number of aromatic nitrogens is 3. The van der Waals surface area contributed by atoms with E-state index in [1.165, 1.54) is 0 Å². The van der Waals surface area contributed by atoms with E-state index in [-0.39, 0.29) is 11.5 Å². The van der Waals surface area contributed by atoms with Crippen molar-refractivity contribution in [3.05, 3.63) is 36.2 Å². The number of amides is 1. The quantitative estimate of drug-likeness (QED) is 0.921. The number of hydrogen-bond donors (Lipinski definition) is 1. The number of likely N-dealkylation sites (tertiary alicyclic amines) is 1. The molecule has 0 unspecified atom stereocenters. The number of carbonyl (C=O) groups excluding carboxylic acids is 1. The van der Waals surface area contributed by atoms with Gasteiger partial charge < -0.3 is 9.64 Å². The molecule has 24 heavy (non-hydrogen) atoms. The fourth-order valence-electron chi connectivity index (χ4n) is 3.77. The average molecular weight is 326 g/mol. The van der Waals surface area contributed by atoms with Gasteiger partial charge >= 0.3 is 0 Å². The molecule has 2 aliphatic rings. The van der Waals surface area contributed by atoms with Crippen LogP contribution in [-0.4, -0.2) is 51.3 Å². The van der Waals surface area contributed by atoms with Gasteiger partial charge in [0.05, 0.1) is 11.3 Å². The Labute approximate surface area is 141 Å². The summed E-state index contributed by atoms with van der Waals surface area (Å²) in [6.07, 6.45) is 6.97. The van der Waals surface area contributed by atoms with Crippen molar-refractivity contribution in [1.29, 1.82) is 0 Å². The molecular formula is C18H22N4O2. The molecule has 0 bridgehead atoms. The van der Waals surface area contributed by atoms with Crippen molar-refractivity contribution in [3.63, 3.8) is 0 Å². The zero-order valence-electron chi connectivity index (χ0n) is 13.7. The Morgan fingerprint density at radius 3 is 2.88 bits per heavy atom. The SMILES string of the molecule is O=C(c1cc(-c2ccccn2)n[nH]1)N1CCC[C@]2(CCCO2)CC1. The van der Waals surface area contributed by atoms with Crippen LogP contribution in [-0.2, 0) is 4.74 Å². The van der Waals surface area contributed by atoms with E-state index in [1.807, 2.05) is 23.1 Å². The Morgan fingerprint density at radius 2 is 2.08 bits per heavy atom. The van der Waals surface area contributed by atoms with Gasteiger partial charge in [-0.05, 0) is 50.3 Å². The van der Waals surface area contributed by atoms with Crippen molar-refractivity contribution in [2.75, 3.05) is 19.7 Å². The number of ether oxygens (including phenoxy) is 1. The summed E-state index contributed by atoms with van der Waals surface area (Å²) >= 11 is 0. The lowest BCUT2D eigenvalue weighted by molar-refractivity contribution is -0.00693. The summed E-state index contributed by atoms with van der Waals surface area (Å²) in [5, 5.41) is 7.11. The molecular weight excluding hydrogens is 304 g/mol. The fourth-order valence-corrected chi connectivity index (χ4v) is 3.77. The highest BCUT2D eigenvalue weighted by Crippen LogP contribution is 2.35. The normalized spacial score (nSPS) is 24.2. The lowest BCUT2D eigenvalue weighted by Crippen LogP contribution is -2.34. The molecule has 0 aromatic carbocycles. The Bertz CT molecular complexity index is 707. The number of hydrogen-bond acceptors (Lipinski definition) is 4. The maximum atomic E-state index is 12.8. The van der Waals surface area contributed by atoms with E-state index in [0.717, 1.165) is 57.5 Å². The molecule has 6 nitrogen and oxygen atoms in total. The highest BCUT2D eigenvalue weighted by atomic mass is 16.5. The summed E-state index contributed by atoms with van der Waals surface area (Å²) in [4.78, 5) is 19.0. The van der Waals surface area contributed by atoms with Gasteiger partial charge in [-0.2, -0.15) is 5.10 Å². The number of rotatable bonds is 2. The van der Waals surface area contributed by atoms with Gasteiger partial charge in [0.25, 0.3) is 5.91 Å². The topological polar surface area (TPSA) is 71.1 Å². The van der Waals surface area contributed by atoms with E-state index in [2.05, 4.69) is 15.2 Å². The van der Waals surface area contributed by atoms with Crippen molar-refractivity contribution < 1.29 is 9.53 Å². The minimum absolute atomic E-state index is 0.0136. The van der Waals surface area contributed by atoms with Gasteiger partial charge in [-0.25, -0.2) is 0 Å². The number of carbonyl (C=O) groups is 1. The third-order valence-corrected chi connectivity index (χ3v) is 5.11. The third kappa shape index (κ3) is 2.94. The number of pyridine rings is 1. The van der Waals surface area contributed by atoms with Crippen molar-refractivity contribution in [1.82, 2.24) is 20.1 Å². The highest BCUT2D eigenvalue weighted by molar-refractivity contribution is 5.93.